The van der Waals surface area contributed by atoms with Crippen LogP contribution < -0.4 is 10.6 Å². The third kappa shape index (κ3) is 4.22. The van der Waals surface area contributed by atoms with Crippen LogP contribution in [0.25, 0.3) is 0 Å². The van der Waals surface area contributed by atoms with Crippen molar-refractivity contribution in [3.63, 3.8) is 0 Å². The highest BCUT2D eigenvalue weighted by atomic mass is 16.5. The molecule has 5 heteroatoms. The molecule has 2 aliphatic rings. The van der Waals surface area contributed by atoms with Crippen LogP contribution in [0.2, 0.25) is 0 Å². The molecule has 0 spiro atoms. The molecule has 2 rings (SSSR count). The van der Waals surface area contributed by atoms with Crippen LogP contribution in [0, 0.1) is 0 Å². The highest BCUT2D eigenvalue weighted by Crippen LogP contribution is 2.36. The molecule has 0 aromatic carbocycles. The molecule has 2 N–H and O–H groups in total. The summed E-state index contributed by atoms with van der Waals surface area (Å²) in [5.41, 5.74) is 2.28. The number of carbonyl (C=O) groups excluding carboxylic acids is 1. The Morgan fingerprint density at radius 3 is 2.17 bits per heavy atom. The predicted molar refractivity (Wildman–Crippen MR) is 93.4 cm³/mol. The van der Waals surface area contributed by atoms with Crippen molar-refractivity contribution in [2.45, 2.75) is 65.0 Å². The highest BCUT2D eigenvalue weighted by molar-refractivity contribution is 5.99. The number of aliphatic imine (C=N–C) groups is 1. The van der Waals surface area contributed by atoms with Crippen molar-refractivity contribution >= 4 is 12.6 Å². The van der Waals surface area contributed by atoms with Gasteiger partial charge in [0.25, 0.3) is 5.91 Å². The Balaban J connectivity index is 2.24. The van der Waals surface area contributed by atoms with E-state index in [0.29, 0.717) is 24.6 Å². The molecular weight excluding hydrogens is 290 g/mol. The summed E-state index contributed by atoms with van der Waals surface area (Å²) in [7, 11) is 0. The molecule has 2 fully saturated rings. The van der Waals surface area contributed by atoms with Gasteiger partial charge in [-0.2, -0.15) is 0 Å². The van der Waals surface area contributed by atoms with Crippen LogP contribution in [0.3, 0.4) is 0 Å². The Kier molecular flexibility index (Phi) is 4.99. The van der Waals surface area contributed by atoms with Crippen LogP contribution in [0.4, 0.5) is 0 Å². The van der Waals surface area contributed by atoms with Gasteiger partial charge in [-0.3, -0.25) is 4.79 Å². The number of rotatable bonds is 6. The minimum atomic E-state index is -0.296. The van der Waals surface area contributed by atoms with Crippen molar-refractivity contribution in [3.8, 4) is 0 Å². The summed E-state index contributed by atoms with van der Waals surface area (Å²) in [5, 5.41) is 6.55. The standard InChI is InChI=1S/C18H29N3O2/c1-12(2)14(16(22)21-18(5)9-10-23-11-18)13(3)15(19-6)20-17(4)7-8-17/h20H,6-11H2,1-5H3,(H,21,22)/b15-13-. The van der Waals surface area contributed by atoms with Crippen molar-refractivity contribution < 1.29 is 9.53 Å². The number of hydrogen-bond donors (Lipinski definition) is 2. The van der Waals surface area contributed by atoms with Crippen LogP contribution in [0.15, 0.2) is 27.5 Å². The normalized spacial score (nSPS) is 26.1. The summed E-state index contributed by atoms with van der Waals surface area (Å²) < 4.78 is 5.42. The van der Waals surface area contributed by atoms with Crippen LogP contribution in [0.1, 0.15) is 53.9 Å². The minimum Gasteiger partial charge on any atom is -0.379 e. The fourth-order valence-corrected chi connectivity index (χ4v) is 2.84. The molecule has 0 aromatic rings. The van der Waals surface area contributed by atoms with Crippen molar-refractivity contribution in [2.24, 2.45) is 4.99 Å². The third-order valence-electron chi connectivity index (χ3n) is 4.67. The van der Waals surface area contributed by atoms with E-state index in [4.69, 9.17) is 4.74 Å². The Labute approximate surface area is 139 Å². The average molecular weight is 319 g/mol. The van der Waals surface area contributed by atoms with Gasteiger partial charge in [-0.1, -0.05) is 5.57 Å². The molecule has 5 nitrogen and oxygen atoms in total. The van der Waals surface area contributed by atoms with Gasteiger partial charge < -0.3 is 15.4 Å². The lowest BCUT2D eigenvalue weighted by molar-refractivity contribution is -0.119. The second kappa shape index (κ2) is 6.48. The topological polar surface area (TPSA) is 62.7 Å². The maximum atomic E-state index is 12.8. The summed E-state index contributed by atoms with van der Waals surface area (Å²) in [6.07, 6.45) is 3.07. The zero-order valence-electron chi connectivity index (χ0n) is 15.0. The first-order valence-electron chi connectivity index (χ1n) is 8.24. The first-order chi connectivity index (χ1) is 10.7. The number of hydrogen-bond acceptors (Lipinski definition) is 4. The van der Waals surface area contributed by atoms with E-state index in [1.807, 2.05) is 27.7 Å². The van der Waals surface area contributed by atoms with E-state index in [9.17, 15) is 4.79 Å². The van der Waals surface area contributed by atoms with E-state index in [-0.39, 0.29) is 17.0 Å². The van der Waals surface area contributed by atoms with Crippen LogP contribution in [-0.2, 0) is 9.53 Å². The molecule has 1 saturated heterocycles. The molecule has 128 valence electrons. The molecule has 1 aliphatic carbocycles. The SMILES string of the molecule is C=N/C(NC1(C)CC1)=C(\C)C(C(=O)NC1(C)CCOC1)=C(C)C. The maximum Gasteiger partial charge on any atom is 0.252 e. The zero-order valence-corrected chi connectivity index (χ0v) is 15.0. The predicted octanol–water partition coefficient (Wildman–Crippen LogP) is 2.69. The summed E-state index contributed by atoms with van der Waals surface area (Å²) in [6, 6.07) is 0. The van der Waals surface area contributed by atoms with E-state index < -0.39 is 0 Å². The first-order valence-corrected chi connectivity index (χ1v) is 8.24. The van der Waals surface area contributed by atoms with Gasteiger partial charge in [-0.25, -0.2) is 4.99 Å². The van der Waals surface area contributed by atoms with E-state index in [1.54, 1.807) is 0 Å². The second-order valence-electron chi connectivity index (χ2n) is 7.51. The molecule has 1 saturated carbocycles. The third-order valence-corrected chi connectivity index (χ3v) is 4.67. The Morgan fingerprint density at radius 2 is 1.74 bits per heavy atom. The van der Waals surface area contributed by atoms with Crippen molar-refractivity contribution in [2.75, 3.05) is 13.2 Å². The Bertz CT molecular complexity index is 561. The van der Waals surface area contributed by atoms with Gasteiger partial charge in [-0.15, -0.1) is 0 Å². The lowest BCUT2D eigenvalue weighted by Gasteiger charge is -2.26. The molecule has 1 heterocycles. The molecular formula is C18H29N3O2. The van der Waals surface area contributed by atoms with Gasteiger partial charge in [0.15, 0.2) is 0 Å². The highest BCUT2D eigenvalue weighted by Gasteiger charge is 2.38. The largest absolute Gasteiger partial charge is 0.379 e. The lowest BCUT2D eigenvalue weighted by atomic mass is 9.97. The fraction of sp³-hybridized carbons (Fsp3) is 0.667. The molecule has 0 radical (unpaired) electrons. The summed E-state index contributed by atoms with van der Waals surface area (Å²) in [6.45, 7) is 14.9. The van der Waals surface area contributed by atoms with E-state index in [1.165, 1.54) is 0 Å². The molecule has 1 aliphatic heterocycles. The van der Waals surface area contributed by atoms with Crippen molar-refractivity contribution in [1.29, 1.82) is 0 Å². The van der Waals surface area contributed by atoms with Gasteiger partial charge >= 0.3 is 0 Å². The molecule has 0 aromatic heterocycles. The molecule has 0 bridgehead atoms. The molecule has 1 unspecified atom stereocenters. The summed E-state index contributed by atoms with van der Waals surface area (Å²) in [4.78, 5) is 17.0. The summed E-state index contributed by atoms with van der Waals surface area (Å²) in [5.74, 6) is 0.628. The van der Waals surface area contributed by atoms with Crippen molar-refractivity contribution in [3.05, 3.63) is 22.5 Å². The monoisotopic (exact) mass is 319 g/mol. The zero-order chi connectivity index (χ0) is 17.3. The fourth-order valence-electron chi connectivity index (χ4n) is 2.84. The molecule has 1 amide bonds. The quantitative estimate of drug-likeness (QED) is 0.449. The number of nitrogens with one attached hydrogen (secondary N) is 2. The first kappa shape index (κ1) is 17.7. The number of carbonyl (C=O) groups is 1. The number of amides is 1. The Morgan fingerprint density at radius 1 is 1.09 bits per heavy atom. The van der Waals surface area contributed by atoms with Crippen LogP contribution >= 0.6 is 0 Å². The number of ether oxygens (including phenoxy) is 1. The second-order valence-corrected chi connectivity index (χ2v) is 7.51. The van der Waals surface area contributed by atoms with Gasteiger partial charge in [0, 0.05) is 23.3 Å². The van der Waals surface area contributed by atoms with Gasteiger partial charge in [0.2, 0.25) is 0 Å². The maximum absolute atomic E-state index is 12.8. The number of nitrogens with zero attached hydrogens (tertiary/aromatic N) is 1. The Hall–Kier alpha value is -1.62. The van der Waals surface area contributed by atoms with E-state index in [2.05, 4.69) is 29.3 Å². The van der Waals surface area contributed by atoms with Crippen molar-refractivity contribution in [1.82, 2.24) is 10.6 Å². The average Bonchev–Trinajstić information content (AvgIpc) is 3.03. The van der Waals surface area contributed by atoms with Crippen LogP contribution in [-0.4, -0.2) is 36.9 Å². The smallest absolute Gasteiger partial charge is 0.252 e. The molecule has 23 heavy (non-hydrogen) atoms. The minimum absolute atomic E-state index is 0.0700. The number of allylic oxidation sites excluding steroid dienone is 1. The van der Waals surface area contributed by atoms with Gasteiger partial charge in [0.05, 0.1) is 12.1 Å². The van der Waals surface area contributed by atoms with Gasteiger partial charge in [-0.05, 0) is 60.6 Å². The van der Waals surface area contributed by atoms with Crippen LogP contribution in [0.5, 0.6) is 0 Å². The lowest BCUT2D eigenvalue weighted by Crippen LogP contribution is -2.47. The summed E-state index contributed by atoms with van der Waals surface area (Å²) >= 11 is 0. The van der Waals surface area contributed by atoms with E-state index >= 15 is 0 Å². The van der Waals surface area contributed by atoms with E-state index in [0.717, 1.165) is 30.4 Å². The van der Waals surface area contributed by atoms with Gasteiger partial charge in [0.1, 0.15) is 5.82 Å². The molecule has 1 atom stereocenters.